The first-order valence-electron chi connectivity index (χ1n) is 8.21. The van der Waals surface area contributed by atoms with Gasteiger partial charge in [-0.2, -0.15) is 5.10 Å². The molecule has 0 radical (unpaired) electrons. The Bertz CT molecular complexity index is 818. The van der Waals surface area contributed by atoms with Crippen molar-refractivity contribution < 1.29 is 19.1 Å². The van der Waals surface area contributed by atoms with Gasteiger partial charge in [0.05, 0.1) is 11.6 Å². The van der Waals surface area contributed by atoms with Gasteiger partial charge in [0.15, 0.2) is 5.69 Å². The standard InChI is InChI=1S/C18H20FN3O3/c1-11-9-13(19)3-4-16(11)22-8-6-15(20-22)17(23)21-7-5-14(18(24)25)12(2)10-21/h3-4,6,8-9,12,14H,5,7,10H2,1-2H3,(H,24,25). The van der Waals surface area contributed by atoms with Crippen molar-refractivity contribution in [1.82, 2.24) is 14.7 Å². The molecule has 2 heterocycles. The second kappa shape index (κ2) is 6.66. The average Bonchev–Trinajstić information content (AvgIpc) is 3.03. The van der Waals surface area contributed by atoms with Crippen LogP contribution in [-0.4, -0.2) is 44.8 Å². The highest BCUT2D eigenvalue weighted by Gasteiger charge is 2.33. The van der Waals surface area contributed by atoms with E-state index in [1.54, 1.807) is 34.8 Å². The van der Waals surface area contributed by atoms with Gasteiger partial charge in [0.1, 0.15) is 5.82 Å². The van der Waals surface area contributed by atoms with Crippen LogP contribution in [0.5, 0.6) is 0 Å². The van der Waals surface area contributed by atoms with Crippen LogP contribution in [0.3, 0.4) is 0 Å². The Kier molecular flexibility index (Phi) is 4.57. The van der Waals surface area contributed by atoms with Crippen LogP contribution in [0.15, 0.2) is 30.5 Å². The number of carbonyl (C=O) groups excluding carboxylic acids is 1. The normalized spacial score (nSPS) is 20.5. The number of aryl methyl sites for hydroxylation is 1. The van der Waals surface area contributed by atoms with Gasteiger partial charge in [0, 0.05) is 19.3 Å². The SMILES string of the molecule is Cc1cc(F)ccc1-n1ccc(C(=O)N2CCC(C(=O)O)C(C)C2)n1. The Morgan fingerprint density at radius 2 is 2.08 bits per heavy atom. The lowest BCUT2D eigenvalue weighted by atomic mass is 9.87. The van der Waals surface area contributed by atoms with Crippen molar-refractivity contribution in [3.63, 3.8) is 0 Å². The second-order valence-electron chi connectivity index (χ2n) is 6.54. The Morgan fingerprint density at radius 3 is 2.72 bits per heavy atom. The van der Waals surface area contributed by atoms with E-state index in [4.69, 9.17) is 0 Å². The van der Waals surface area contributed by atoms with Gasteiger partial charge in [-0.15, -0.1) is 0 Å². The molecule has 0 bridgehead atoms. The maximum Gasteiger partial charge on any atom is 0.306 e. The van der Waals surface area contributed by atoms with Crippen LogP contribution in [0.4, 0.5) is 4.39 Å². The molecule has 1 aliphatic rings. The van der Waals surface area contributed by atoms with Gasteiger partial charge < -0.3 is 10.0 Å². The Morgan fingerprint density at radius 1 is 1.32 bits per heavy atom. The molecule has 2 aromatic rings. The van der Waals surface area contributed by atoms with Gasteiger partial charge in [-0.3, -0.25) is 9.59 Å². The summed E-state index contributed by atoms with van der Waals surface area (Å²) in [5, 5.41) is 13.5. The first-order valence-corrected chi connectivity index (χ1v) is 8.21. The fraction of sp³-hybridized carbons (Fsp3) is 0.389. The number of carboxylic acids is 1. The van der Waals surface area contributed by atoms with E-state index >= 15 is 0 Å². The van der Waals surface area contributed by atoms with Crippen LogP contribution in [0.25, 0.3) is 5.69 Å². The van der Waals surface area contributed by atoms with Crippen LogP contribution >= 0.6 is 0 Å². The number of hydrogen-bond acceptors (Lipinski definition) is 3. The summed E-state index contributed by atoms with van der Waals surface area (Å²) in [5.74, 6) is -1.86. The third-order valence-electron chi connectivity index (χ3n) is 4.72. The van der Waals surface area contributed by atoms with Gasteiger partial charge in [0.25, 0.3) is 5.91 Å². The smallest absolute Gasteiger partial charge is 0.306 e. The zero-order valence-corrected chi connectivity index (χ0v) is 14.1. The topological polar surface area (TPSA) is 75.4 Å². The molecule has 1 saturated heterocycles. The lowest BCUT2D eigenvalue weighted by Gasteiger charge is -2.34. The minimum Gasteiger partial charge on any atom is -0.481 e. The number of aromatic nitrogens is 2. The summed E-state index contributed by atoms with van der Waals surface area (Å²) in [5.41, 5.74) is 1.72. The molecule has 2 atom stereocenters. The Balaban J connectivity index is 1.76. The van der Waals surface area contributed by atoms with E-state index in [9.17, 15) is 19.1 Å². The molecule has 1 aromatic carbocycles. The number of benzene rings is 1. The summed E-state index contributed by atoms with van der Waals surface area (Å²) in [6, 6.07) is 6.01. The predicted molar refractivity (Wildman–Crippen MR) is 89.1 cm³/mol. The van der Waals surface area contributed by atoms with E-state index < -0.39 is 11.9 Å². The minimum absolute atomic E-state index is 0.100. The number of amides is 1. The lowest BCUT2D eigenvalue weighted by Crippen LogP contribution is -2.45. The zero-order valence-electron chi connectivity index (χ0n) is 14.1. The van der Waals surface area contributed by atoms with Crippen molar-refractivity contribution >= 4 is 11.9 Å². The first-order chi connectivity index (χ1) is 11.9. The molecule has 7 heteroatoms. The van der Waals surface area contributed by atoms with Gasteiger partial charge in [-0.1, -0.05) is 6.92 Å². The van der Waals surface area contributed by atoms with Crippen LogP contribution in [0, 0.1) is 24.6 Å². The molecule has 6 nitrogen and oxygen atoms in total. The maximum atomic E-state index is 13.2. The van der Waals surface area contributed by atoms with Gasteiger partial charge >= 0.3 is 5.97 Å². The Labute approximate surface area is 144 Å². The largest absolute Gasteiger partial charge is 0.481 e. The van der Waals surface area contributed by atoms with E-state index in [1.165, 1.54) is 12.1 Å². The number of piperidine rings is 1. The molecule has 132 valence electrons. The third-order valence-corrected chi connectivity index (χ3v) is 4.72. The van der Waals surface area contributed by atoms with Gasteiger partial charge in [-0.25, -0.2) is 9.07 Å². The van der Waals surface area contributed by atoms with E-state index in [0.29, 0.717) is 30.9 Å². The number of likely N-dealkylation sites (tertiary alicyclic amines) is 1. The van der Waals surface area contributed by atoms with Crippen LogP contribution in [0.2, 0.25) is 0 Å². The predicted octanol–water partition coefficient (Wildman–Crippen LogP) is 2.50. The van der Waals surface area contributed by atoms with Crippen molar-refractivity contribution in [1.29, 1.82) is 0 Å². The monoisotopic (exact) mass is 345 g/mol. The number of aliphatic carboxylic acids is 1. The summed E-state index contributed by atoms with van der Waals surface area (Å²) in [4.78, 5) is 25.5. The Hall–Kier alpha value is -2.70. The molecule has 25 heavy (non-hydrogen) atoms. The van der Waals surface area contributed by atoms with Crippen molar-refractivity contribution in [2.45, 2.75) is 20.3 Å². The number of carboxylic acid groups (broad SMARTS) is 1. The average molecular weight is 345 g/mol. The van der Waals surface area contributed by atoms with Crippen molar-refractivity contribution in [2.75, 3.05) is 13.1 Å². The molecule has 1 aromatic heterocycles. The van der Waals surface area contributed by atoms with Gasteiger partial charge in [-0.05, 0) is 49.1 Å². The quantitative estimate of drug-likeness (QED) is 0.927. The van der Waals surface area contributed by atoms with Crippen LogP contribution < -0.4 is 0 Å². The highest BCUT2D eigenvalue weighted by molar-refractivity contribution is 5.92. The summed E-state index contributed by atoms with van der Waals surface area (Å²) >= 11 is 0. The molecular weight excluding hydrogens is 325 g/mol. The third kappa shape index (κ3) is 3.40. The fourth-order valence-corrected chi connectivity index (χ4v) is 3.31. The number of hydrogen-bond donors (Lipinski definition) is 1. The molecule has 3 rings (SSSR count). The molecule has 1 N–H and O–H groups in total. The number of nitrogens with zero attached hydrogens (tertiary/aromatic N) is 3. The van der Waals surface area contributed by atoms with Crippen LogP contribution in [-0.2, 0) is 4.79 Å². The second-order valence-corrected chi connectivity index (χ2v) is 6.54. The van der Waals surface area contributed by atoms with E-state index in [-0.39, 0.29) is 17.6 Å². The van der Waals surface area contributed by atoms with E-state index in [1.807, 2.05) is 6.92 Å². The summed E-state index contributed by atoms with van der Waals surface area (Å²) in [7, 11) is 0. The fourth-order valence-electron chi connectivity index (χ4n) is 3.31. The highest BCUT2D eigenvalue weighted by Crippen LogP contribution is 2.24. The van der Waals surface area contributed by atoms with Crippen LogP contribution in [0.1, 0.15) is 29.4 Å². The molecule has 0 aliphatic carbocycles. The summed E-state index contributed by atoms with van der Waals surface area (Å²) in [6.07, 6.45) is 2.11. The molecule has 2 unspecified atom stereocenters. The molecule has 0 saturated carbocycles. The summed E-state index contributed by atoms with van der Waals surface area (Å²) in [6.45, 7) is 4.43. The molecular formula is C18H20FN3O3. The minimum atomic E-state index is -0.810. The van der Waals surface area contributed by atoms with E-state index in [0.717, 1.165) is 5.56 Å². The van der Waals surface area contributed by atoms with Crippen molar-refractivity contribution in [2.24, 2.45) is 11.8 Å². The number of halogens is 1. The maximum absolute atomic E-state index is 13.2. The molecule has 1 fully saturated rings. The highest BCUT2D eigenvalue weighted by atomic mass is 19.1. The lowest BCUT2D eigenvalue weighted by molar-refractivity contribution is -0.145. The first kappa shape index (κ1) is 17.1. The molecule has 0 spiro atoms. The van der Waals surface area contributed by atoms with Crippen molar-refractivity contribution in [3.8, 4) is 5.69 Å². The zero-order chi connectivity index (χ0) is 18.1. The van der Waals surface area contributed by atoms with Gasteiger partial charge in [0.2, 0.25) is 0 Å². The molecule has 1 amide bonds. The number of rotatable bonds is 3. The van der Waals surface area contributed by atoms with Crippen molar-refractivity contribution in [3.05, 3.63) is 47.5 Å². The van der Waals surface area contributed by atoms with E-state index in [2.05, 4.69) is 5.10 Å². The molecule has 1 aliphatic heterocycles. The summed E-state index contributed by atoms with van der Waals surface area (Å²) < 4.78 is 14.8. The number of carbonyl (C=O) groups is 2.